The van der Waals surface area contributed by atoms with Gasteiger partial charge in [0.15, 0.2) is 0 Å². The molecule has 1 atom stereocenters. The van der Waals surface area contributed by atoms with Crippen LogP contribution in [-0.4, -0.2) is 19.2 Å². The van der Waals surface area contributed by atoms with E-state index in [1.54, 1.807) is 7.11 Å². The van der Waals surface area contributed by atoms with Crippen LogP contribution in [0.2, 0.25) is 0 Å². The van der Waals surface area contributed by atoms with E-state index in [1.807, 2.05) is 0 Å². The van der Waals surface area contributed by atoms with Gasteiger partial charge in [-0.1, -0.05) is 19.3 Å². The lowest BCUT2D eigenvalue weighted by molar-refractivity contribution is -0.125. The second kappa shape index (κ2) is 5.97. The van der Waals surface area contributed by atoms with Crippen LogP contribution in [0.1, 0.15) is 44.9 Å². The Labute approximate surface area is 79.8 Å². The fourth-order valence-electron chi connectivity index (χ4n) is 1.65. The summed E-state index contributed by atoms with van der Waals surface area (Å²) in [5, 5.41) is 2.88. The third kappa shape index (κ3) is 4.27. The fourth-order valence-corrected chi connectivity index (χ4v) is 1.65. The van der Waals surface area contributed by atoms with E-state index in [0.717, 1.165) is 19.3 Å². The van der Waals surface area contributed by atoms with Gasteiger partial charge in [0.25, 0.3) is 0 Å². The lowest BCUT2D eigenvalue weighted by Crippen LogP contribution is -2.36. The van der Waals surface area contributed by atoms with Crippen molar-refractivity contribution in [3.63, 3.8) is 0 Å². The van der Waals surface area contributed by atoms with E-state index in [9.17, 15) is 4.79 Å². The van der Waals surface area contributed by atoms with Crippen LogP contribution in [0.4, 0.5) is 0 Å². The van der Waals surface area contributed by atoms with E-state index in [-0.39, 0.29) is 12.1 Å². The minimum absolute atomic E-state index is 0.0643. The lowest BCUT2D eigenvalue weighted by atomic mass is 10.1. The van der Waals surface area contributed by atoms with Gasteiger partial charge in [0, 0.05) is 13.5 Å². The normalized spacial score (nSPS) is 26.5. The molecule has 1 N–H and O–H groups in total. The highest BCUT2D eigenvalue weighted by molar-refractivity contribution is 5.75. The van der Waals surface area contributed by atoms with Crippen LogP contribution in [0.5, 0.6) is 0 Å². The molecule has 1 fully saturated rings. The Morgan fingerprint density at radius 3 is 2.69 bits per heavy atom. The molecule has 0 saturated carbocycles. The van der Waals surface area contributed by atoms with Crippen LogP contribution < -0.4 is 5.32 Å². The highest BCUT2D eigenvalue weighted by Crippen LogP contribution is 2.11. The Bertz CT molecular complexity index is 159. The molecule has 0 aromatic rings. The first-order valence-corrected chi connectivity index (χ1v) is 5.15. The average molecular weight is 185 g/mol. The van der Waals surface area contributed by atoms with Crippen LogP contribution in [0.25, 0.3) is 0 Å². The summed E-state index contributed by atoms with van der Waals surface area (Å²) in [6.45, 7) is 0. The molecule has 3 heteroatoms. The number of amides is 1. The number of ether oxygens (including phenoxy) is 1. The van der Waals surface area contributed by atoms with Gasteiger partial charge < -0.3 is 10.1 Å². The quantitative estimate of drug-likeness (QED) is 0.676. The zero-order valence-electron chi connectivity index (χ0n) is 8.34. The number of carbonyl (C=O) groups is 1. The Hall–Kier alpha value is -0.570. The van der Waals surface area contributed by atoms with Crippen LogP contribution in [0.3, 0.4) is 0 Å². The van der Waals surface area contributed by atoms with Crippen molar-refractivity contribution in [3.8, 4) is 0 Å². The maximum absolute atomic E-state index is 11.3. The SMILES string of the molecule is COC1CCCCCCCC(=O)N1. The summed E-state index contributed by atoms with van der Waals surface area (Å²) >= 11 is 0. The highest BCUT2D eigenvalue weighted by Gasteiger charge is 2.11. The molecule has 3 nitrogen and oxygen atoms in total. The molecule has 0 aliphatic carbocycles. The van der Waals surface area contributed by atoms with Gasteiger partial charge in [0.2, 0.25) is 5.91 Å². The van der Waals surface area contributed by atoms with Crippen molar-refractivity contribution in [1.82, 2.24) is 5.32 Å². The molecule has 76 valence electrons. The Morgan fingerprint density at radius 1 is 1.23 bits per heavy atom. The van der Waals surface area contributed by atoms with Gasteiger partial charge in [-0.25, -0.2) is 0 Å². The smallest absolute Gasteiger partial charge is 0.221 e. The van der Waals surface area contributed by atoms with Gasteiger partial charge in [-0.3, -0.25) is 4.79 Å². The average Bonchev–Trinajstić information content (AvgIpc) is 2.15. The maximum Gasteiger partial charge on any atom is 0.221 e. The lowest BCUT2D eigenvalue weighted by Gasteiger charge is -2.18. The number of carbonyl (C=O) groups excluding carboxylic acids is 1. The minimum atomic E-state index is -0.0643. The second-order valence-electron chi connectivity index (χ2n) is 3.60. The number of hydrogen-bond acceptors (Lipinski definition) is 2. The Kier molecular flexibility index (Phi) is 4.83. The fraction of sp³-hybridized carbons (Fsp3) is 0.900. The molecule has 13 heavy (non-hydrogen) atoms. The Morgan fingerprint density at radius 2 is 1.92 bits per heavy atom. The first-order chi connectivity index (χ1) is 6.33. The highest BCUT2D eigenvalue weighted by atomic mass is 16.5. The van der Waals surface area contributed by atoms with Crippen molar-refractivity contribution in [2.75, 3.05) is 7.11 Å². The monoisotopic (exact) mass is 185 g/mol. The van der Waals surface area contributed by atoms with E-state index < -0.39 is 0 Å². The topological polar surface area (TPSA) is 38.3 Å². The van der Waals surface area contributed by atoms with E-state index in [1.165, 1.54) is 19.3 Å². The first-order valence-electron chi connectivity index (χ1n) is 5.15. The van der Waals surface area contributed by atoms with Crippen molar-refractivity contribution in [1.29, 1.82) is 0 Å². The molecule has 1 heterocycles. The minimum Gasteiger partial charge on any atom is -0.362 e. The predicted molar refractivity (Wildman–Crippen MR) is 51.3 cm³/mol. The maximum atomic E-state index is 11.3. The standard InChI is InChI=1S/C10H19NO2/c1-13-10-8-6-4-2-3-5-7-9(12)11-10/h10H,2-8H2,1H3,(H,11,12). The summed E-state index contributed by atoms with van der Waals surface area (Å²) in [7, 11) is 1.65. The van der Waals surface area contributed by atoms with E-state index in [4.69, 9.17) is 4.74 Å². The van der Waals surface area contributed by atoms with E-state index >= 15 is 0 Å². The third-order valence-electron chi connectivity index (χ3n) is 2.48. The van der Waals surface area contributed by atoms with Crippen LogP contribution >= 0.6 is 0 Å². The summed E-state index contributed by atoms with van der Waals surface area (Å²) in [5.41, 5.74) is 0. The summed E-state index contributed by atoms with van der Waals surface area (Å²) in [4.78, 5) is 11.3. The molecule has 1 saturated heterocycles. The molecular weight excluding hydrogens is 166 g/mol. The molecule has 0 radical (unpaired) electrons. The zero-order chi connectivity index (χ0) is 9.52. The van der Waals surface area contributed by atoms with Gasteiger partial charge in [-0.2, -0.15) is 0 Å². The zero-order valence-corrected chi connectivity index (χ0v) is 8.34. The number of hydrogen-bond donors (Lipinski definition) is 1. The van der Waals surface area contributed by atoms with Crippen LogP contribution in [-0.2, 0) is 9.53 Å². The molecular formula is C10H19NO2. The molecule has 0 spiro atoms. The van der Waals surface area contributed by atoms with Crippen molar-refractivity contribution >= 4 is 5.91 Å². The molecule has 1 amide bonds. The second-order valence-corrected chi connectivity index (χ2v) is 3.60. The molecule has 1 rings (SSSR count). The van der Waals surface area contributed by atoms with E-state index in [0.29, 0.717) is 6.42 Å². The number of rotatable bonds is 1. The molecule has 0 aromatic heterocycles. The summed E-state index contributed by atoms with van der Waals surface area (Å²) in [6.07, 6.45) is 7.40. The van der Waals surface area contributed by atoms with Crippen LogP contribution in [0.15, 0.2) is 0 Å². The predicted octanol–water partition coefficient (Wildman–Crippen LogP) is 1.82. The molecule has 0 aromatic carbocycles. The van der Waals surface area contributed by atoms with Crippen molar-refractivity contribution < 1.29 is 9.53 Å². The molecule has 1 unspecified atom stereocenters. The van der Waals surface area contributed by atoms with Gasteiger partial charge in [-0.05, 0) is 19.3 Å². The van der Waals surface area contributed by atoms with Crippen molar-refractivity contribution in [3.05, 3.63) is 0 Å². The van der Waals surface area contributed by atoms with E-state index in [2.05, 4.69) is 5.32 Å². The summed E-state index contributed by atoms with van der Waals surface area (Å²) in [5.74, 6) is 0.133. The van der Waals surface area contributed by atoms with Gasteiger partial charge >= 0.3 is 0 Å². The van der Waals surface area contributed by atoms with Gasteiger partial charge in [0.1, 0.15) is 6.23 Å². The molecule has 1 aliphatic rings. The largest absolute Gasteiger partial charge is 0.362 e. The van der Waals surface area contributed by atoms with Crippen LogP contribution in [0, 0.1) is 0 Å². The Balaban J connectivity index is 2.34. The first kappa shape index (κ1) is 10.5. The number of nitrogens with one attached hydrogen (secondary N) is 1. The third-order valence-corrected chi connectivity index (χ3v) is 2.48. The summed E-state index contributed by atoms with van der Waals surface area (Å²) in [6, 6.07) is 0. The van der Waals surface area contributed by atoms with Crippen molar-refractivity contribution in [2.45, 2.75) is 51.2 Å². The van der Waals surface area contributed by atoms with Gasteiger partial charge in [0.05, 0.1) is 0 Å². The van der Waals surface area contributed by atoms with Crippen molar-refractivity contribution in [2.24, 2.45) is 0 Å². The molecule has 0 bridgehead atoms. The van der Waals surface area contributed by atoms with Gasteiger partial charge in [-0.15, -0.1) is 0 Å². The number of methoxy groups -OCH3 is 1. The summed E-state index contributed by atoms with van der Waals surface area (Å²) < 4.78 is 5.16. The molecule has 1 aliphatic heterocycles.